The lowest BCUT2D eigenvalue weighted by Gasteiger charge is -2.22. The molecular formula is C10H16N2O2. The van der Waals surface area contributed by atoms with Gasteiger partial charge in [-0.1, -0.05) is 13.8 Å². The molecule has 4 nitrogen and oxygen atoms in total. The molecule has 0 aliphatic rings. The molecule has 78 valence electrons. The predicted octanol–water partition coefficient (Wildman–Crippen LogP) is 1.93. The highest BCUT2D eigenvalue weighted by atomic mass is 16.4. The quantitative estimate of drug-likeness (QED) is 0.674. The Hall–Kier alpha value is -1.45. The average molecular weight is 196 g/mol. The predicted molar refractivity (Wildman–Crippen MR) is 55.3 cm³/mol. The van der Waals surface area contributed by atoms with Crippen molar-refractivity contribution in [3.63, 3.8) is 0 Å². The summed E-state index contributed by atoms with van der Waals surface area (Å²) >= 11 is 0. The summed E-state index contributed by atoms with van der Waals surface area (Å²) in [7, 11) is 0. The van der Waals surface area contributed by atoms with Crippen LogP contribution < -0.4 is 5.32 Å². The van der Waals surface area contributed by atoms with Crippen molar-refractivity contribution in [3.05, 3.63) is 18.3 Å². The van der Waals surface area contributed by atoms with E-state index in [0.717, 1.165) is 5.82 Å². The third-order valence-corrected chi connectivity index (χ3v) is 1.99. The summed E-state index contributed by atoms with van der Waals surface area (Å²) < 4.78 is 0. The third kappa shape index (κ3) is 3.51. The van der Waals surface area contributed by atoms with Gasteiger partial charge in [-0.05, 0) is 17.5 Å². The molecule has 0 aliphatic carbocycles. The smallest absolute Gasteiger partial charge is 0.303 e. The highest BCUT2D eigenvalue weighted by Crippen LogP contribution is 2.20. The maximum Gasteiger partial charge on any atom is 0.303 e. The molecule has 14 heavy (non-hydrogen) atoms. The highest BCUT2D eigenvalue weighted by Gasteiger charge is 2.21. The van der Waals surface area contributed by atoms with Crippen LogP contribution in [0, 0.1) is 5.41 Å². The lowest BCUT2D eigenvalue weighted by atomic mass is 9.89. The van der Waals surface area contributed by atoms with Crippen molar-refractivity contribution in [2.45, 2.75) is 20.3 Å². The van der Waals surface area contributed by atoms with Crippen molar-refractivity contribution in [1.82, 2.24) is 4.98 Å². The van der Waals surface area contributed by atoms with Gasteiger partial charge in [0.05, 0.1) is 6.42 Å². The molecule has 0 spiro atoms. The van der Waals surface area contributed by atoms with E-state index in [9.17, 15) is 4.79 Å². The maximum absolute atomic E-state index is 10.5. The van der Waals surface area contributed by atoms with Crippen molar-refractivity contribution in [2.75, 3.05) is 11.9 Å². The van der Waals surface area contributed by atoms with Gasteiger partial charge >= 0.3 is 5.97 Å². The summed E-state index contributed by atoms with van der Waals surface area (Å²) in [6.45, 7) is 4.49. The van der Waals surface area contributed by atoms with Crippen molar-refractivity contribution in [1.29, 1.82) is 0 Å². The van der Waals surface area contributed by atoms with Gasteiger partial charge in [-0.25, -0.2) is 0 Å². The van der Waals surface area contributed by atoms with Gasteiger partial charge < -0.3 is 15.4 Å². The SMILES string of the molecule is CC(C)(CNc1ccc[nH]1)CC(=O)O. The average Bonchev–Trinajstić information content (AvgIpc) is 2.50. The highest BCUT2D eigenvalue weighted by molar-refractivity contribution is 5.67. The molecule has 0 aliphatic heterocycles. The summed E-state index contributed by atoms with van der Waals surface area (Å²) in [6, 6.07) is 3.81. The fourth-order valence-corrected chi connectivity index (χ4v) is 1.25. The zero-order chi connectivity index (χ0) is 10.6. The number of anilines is 1. The summed E-state index contributed by atoms with van der Waals surface area (Å²) in [5, 5.41) is 11.8. The lowest BCUT2D eigenvalue weighted by Crippen LogP contribution is -2.26. The lowest BCUT2D eigenvalue weighted by molar-refractivity contribution is -0.139. The largest absolute Gasteiger partial charge is 0.481 e. The first-order valence-corrected chi connectivity index (χ1v) is 4.59. The third-order valence-electron chi connectivity index (χ3n) is 1.99. The molecule has 0 amide bonds. The molecule has 1 aromatic rings. The molecule has 1 rings (SSSR count). The van der Waals surface area contributed by atoms with Crippen molar-refractivity contribution >= 4 is 11.8 Å². The zero-order valence-corrected chi connectivity index (χ0v) is 8.50. The molecule has 0 unspecified atom stereocenters. The van der Waals surface area contributed by atoms with E-state index in [1.54, 1.807) is 0 Å². The van der Waals surface area contributed by atoms with Gasteiger partial charge in [0, 0.05) is 12.7 Å². The number of nitrogens with one attached hydrogen (secondary N) is 2. The number of aromatic amines is 1. The molecule has 0 fully saturated rings. The number of H-pyrrole nitrogens is 1. The minimum absolute atomic E-state index is 0.167. The number of hydrogen-bond donors (Lipinski definition) is 3. The van der Waals surface area contributed by atoms with Crippen LogP contribution >= 0.6 is 0 Å². The normalized spacial score (nSPS) is 11.3. The number of carboxylic acid groups (broad SMARTS) is 1. The molecule has 0 saturated carbocycles. The Labute approximate surface area is 83.3 Å². The first kappa shape index (κ1) is 10.6. The Morgan fingerprint density at radius 2 is 2.36 bits per heavy atom. The van der Waals surface area contributed by atoms with Crippen LogP contribution in [0.1, 0.15) is 20.3 Å². The van der Waals surface area contributed by atoms with Gasteiger partial charge in [0.25, 0.3) is 0 Å². The molecular weight excluding hydrogens is 180 g/mol. The topological polar surface area (TPSA) is 65.1 Å². The second kappa shape index (κ2) is 4.17. The summed E-state index contributed by atoms with van der Waals surface area (Å²) in [6.07, 6.45) is 1.99. The van der Waals surface area contributed by atoms with Crippen LogP contribution in [-0.4, -0.2) is 22.6 Å². The summed E-state index contributed by atoms with van der Waals surface area (Å²) in [4.78, 5) is 13.5. The van der Waals surface area contributed by atoms with Crippen molar-refractivity contribution in [2.24, 2.45) is 5.41 Å². The van der Waals surface area contributed by atoms with Gasteiger partial charge in [0.15, 0.2) is 0 Å². The minimum atomic E-state index is -0.761. The van der Waals surface area contributed by atoms with Crippen LogP contribution in [0.25, 0.3) is 0 Å². The number of aliphatic carboxylic acids is 1. The first-order valence-electron chi connectivity index (χ1n) is 4.59. The van der Waals surface area contributed by atoms with E-state index in [2.05, 4.69) is 10.3 Å². The van der Waals surface area contributed by atoms with Gasteiger partial charge in [-0.2, -0.15) is 0 Å². The Morgan fingerprint density at radius 1 is 1.64 bits per heavy atom. The Kier molecular flexibility index (Phi) is 3.17. The monoisotopic (exact) mass is 196 g/mol. The van der Waals surface area contributed by atoms with Crippen LogP contribution in [0.4, 0.5) is 5.82 Å². The Bertz CT molecular complexity index is 291. The number of carboxylic acids is 1. The van der Waals surface area contributed by atoms with Crippen LogP contribution in [0.15, 0.2) is 18.3 Å². The zero-order valence-electron chi connectivity index (χ0n) is 8.50. The Balaban J connectivity index is 2.40. The fraction of sp³-hybridized carbons (Fsp3) is 0.500. The number of hydrogen-bond acceptors (Lipinski definition) is 2. The molecule has 0 atom stereocenters. The van der Waals surface area contributed by atoms with E-state index >= 15 is 0 Å². The van der Waals surface area contributed by atoms with E-state index in [-0.39, 0.29) is 11.8 Å². The van der Waals surface area contributed by atoms with E-state index in [1.165, 1.54) is 0 Å². The van der Waals surface area contributed by atoms with E-state index < -0.39 is 5.97 Å². The molecule has 0 bridgehead atoms. The van der Waals surface area contributed by atoms with Crippen molar-refractivity contribution < 1.29 is 9.90 Å². The van der Waals surface area contributed by atoms with E-state index in [0.29, 0.717) is 6.54 Å². The van der Waals surface area contributed by atoms with Gasteiger partial charge in [0.1, 0.15) is 5.82 Å². The molecule has 1 aromatic heterocycles. The Morgan fingerprint density at radius 3 is 2.86 bits per heavy atom. The first-order chi connectivity index (χ1) is 6.49. The number of rotatable bonds is 5. The summed E-state index contributed by atoms with van der Waals surface area (Å²) in [5.74, 6) is 0.159. The van der Waals surface area contributed by atoms with E-state index in [1.807, 2.05) is 32.2 Å². The number of aromatic nitrogens is 1. The molecule has 0 radical (unpaired) electrons. The van der Waals surface area contributed by atoms with Gasteiger partial charge in [-0.15, -0.1) is 0 Å². The molecule has 3 N–H and O–H groups in total. The standard InChI is InChI=1S/C10H16N2O2/c1-10(2,6-9(13)14)7-12-8-4-3-5-11-8/h3-5,11-12H,6-7H2,1-2H3,(H,13,14). The fourth-order valence-electron chi connectivity index (χ4n) is 1.25. The van der Waals surface area contributed by atoms with E-state index in [4.69, 9.17) is 5.11 Å². The second-order valence-corrected chi connectivity index (χ2v) is 4.17. The number of carbonyl (C=O) groups is 1. The van der Waals surface area contributed by atoms with Crippen LogP contribution in [0.3, 0.4) is 0 Å². The van der Waals surface area contributed by atoms with Crippen LogP contribution in [-0.2, 0) is 4.79 Å². The van der Waals surface area contributed by atoms with Crippen molar-refractivity contribution in [3.8, 4) is 0 Å². The molecule has 0 saturated heterocycles. The summed E-state index contributed by atoms with van der Waals surface area (Å²) in [5.41, 5.74) is -0.239. The minimum Gasteiger partial charge on any atom is -0.481 e. The van der Waals surface area contributed by atoms with Crippen LogP contribution in [0.2, 0.25) is 0 Å². The van der Waals surface area contributed by atoms with Gasteiger partial charge in [-0.3, -0.25) is 4.79 Å². The molecule has 4 heteroatoms. The van der Waals surface area contributed by atoms with Crippen LogP contribution in [0.5, 0.6) is 0 Å². The maximum atomic E-state index is 10.5. The van der Waals surface area contributed by atoms with Gasteiger partial charge in [0.2, 0.25) is 0 Å². The molecule has 0 aromatic carbocycles. The molecule has 1 heterocycles. The second-order valence-electron chi connectivity index (χ2n) is 4.17.